The Morgan fingerprint density at radius 3 is 2.80 bits per heavy atom. The van der Waals surface area contributed by atoms with Gasteiger partial charge in [-0.3, -0.25) is 14.7 Å². The zero-order valence-electron chi connectivity index (χ0n) is 14.4. The van der Waals surface area contributed by atoms with E-state index >= 15 is 0 Å². The van der Waals surface area contributed by atoms with Gasteiger partial charge in [0.2, 0.25) is 5.91 Å². The van der Waals surface area contributed by atoms with Crippen molar-refractivity contribution in [1.82, 2.24) is 9.88 Å². The van der Waals surface area contributed by atoms with Crippen molar-refractivity contribution in [2.75, 3.05) is 36.4 Å². The van der Waals surface area contributed by atoms with Gasteiger partial charge in [-0.05, 0) is 55.6 Å². The summed E-state index contributed by atoms with van der Waals surface area (Å²) in [6.45, 7) is 3.81. The Morgan fingerprint density at radius 2 is 1.92 bits per heavy atom. The minimum Gasteiger partial charge on any atom is -0.355 e. The standard InChI is InChI=1S/C20H24N4O/c25-20-19-15-23(12-4-3-5-16-8-10-21-11-9-16)13-14-24(19)18-7-2-1-6-17(18)22-20/h1-2,6-11,19H,3-5,12-15H2,(H,22,25). The molecule has 3 heterocycles. The molecule has 0 aliphatic carbocycles. The number of pyridine rings is 1. The van der Waals surface area contributed by atoms with Gasteiger partial charge < -0.3 is 10.2 Å². The first-order valence-electron chi connectivity index (χ1n) is 9.09. The van der Waals surface area contributed by atoms with Crippen LogP contribution in [0, 0.1) is 0 Å². The average molecular weight is 336 g/mol. The summed E-state index contributed by atoms with van der Waals surface area (Å²) in [5.41, 5.74) is 3.45. The lowest BCUT2D eigenvalue weighted by molar-refractivity contribution is -0.118. The minimum absolute atomic E-state index is 0.0659. The van der Waals surface area contributed by atoms with Crippen molar-refractivity contribution in [3.63, 3.8) is 0 Å². The predicted octanol–water partition coefficient (Wildman–Crippen LogP) is 2.55. The van der Waals surface area contributed by atoms with E-state index < -0.39 is 0 Å². The molecule has 1 unspecified atom stereocenters. The number of para-hydroxylation sites is 2. The Balaban J connectivity index is 1.30. The quantitative estimate of drug-likeness (QED) is 0.853. The largest absolute Gasteiger partial charge is 0.355 e. The van der Waals surface area contributed by atoms with E-state index in [0.29, 0.717) is 0 Å². The number of aryl methyl sites for hydroxylation is 1. The summed E-state index contributed by atoms with van der Waals surface area (Å²) in [5, 5.41) is 3.06. The highest BCUT2D eigenvalue weighted by Gasteiger charge is 2.36. The number of carbonyl (C=O) groups is 1. The minimum atomic E-state index is -0.0659. The molecule has 2 aromatic rings. The van der Waals surface area contributed by atoms with Gasteiger partial charge in [0.1, 0.15) is 6.04 Å². The Hall–Kier alpha value is -2.40. The molecule has 5 heteroatoms. The van der Waals surface area contributed by atoms with Crippen LogP contribution in [0.5, 0.6) is 0 Å². The highest BCUT2D eigenvalue weighted by atomic mass is 16.2. The normalized spacial score (nSPS) is 19.9. The number of carbonyl (C=O) groups excluding carboxylic acids is 1. The van der Waals surface area contributed by atoms with E-state index in [2.05, 4.69) is 38.3 Å². The molecule has 1 atom stereocenters. The van der Waals surface area contributed by atoms with Crippen molar-refractivity contribution < 1.29 is 4.79 Å². The third-order valence-electron chi connectivity index (χ3n) is 5.18. The van der Waals surface area contributed by atoms with Crippen molar-refractivity contribution in [2.45, 2.75) is 25.3 Å². The van der Waals surface area contributed by atoms with Crippen LogP contribution in [-0.2, 0) is 11.2 Å². The average Bonchev–Trinajstić information content (AvgIpc) is 2.66. The Bertz CT molecular complexity index is 733. The molecule has 2 aliphatic rings. The van der Waals surface area contributed by atoms with E-state index in [1.807, 2.05) is 30.6 Å². The molecule has 1 aromatic heterocycles. The zero-order chi connectivity index (χ0) is 17.1. The van der Waals surface area contributed by atoms with Crippen LogP contribution in [-0.4, -0.2) is 48.0 Å². The van der Waals surface area contributed by atoms with Crippen molar-refractivity contribution >= 4 is 17.3 Å². The lowest BCUT2D eigenvalue weighted by atomic mass is 10.0. The number of piperazine rings is 1. The molecule has 4 rings (SSSR count). The van der Waals surface area contributed by atoms with Crippen LogP contribution in [0.3, 0.4) is 0 Å². The second-order valence-electron chi connectivity index (χ2n) is 6.83. The number of anilines is 2. The van der Waals surface area contributed by atoms with E-state index in [4.69, 9.17) is 0 Å². The summed E-state index contributed by atoms with van der Waals surface area (Å²) in [4.78, 5) is 21.2. The third kappa shape index (κ3) is 3.51. The number of hydrogen-bond donors (Lipinski definition) is 1. The van der Waals surface area contributed by atoms with E-state index in [1.54, 1.807) is 0 Å². The number of nitrogens with zero attached hydrogens (tertiary/aromatic N) is 3. The maximum Gasteiger partial charge on any atom is 0.248 e. The van der Waals surface area contributed by atoms with Crippen molar-refractivity contribution in [2.24, 2.45) is 0 Å². The fourth-order valence-corrected chi connectivity index (χ4v) is 3.82. The molecule has 1 saturated heterocycles. The van der Waals surface area contributed by atoms with Crippen LogP contribution in [0.25, 0.3) is 0 Å². The van der Waals surface area contributed by atoms with Gasteiger partial charge in [-0.2, -0.15) is 0 Å². The van der Waals surface area contributed by atoms with Crippen LogP contribution in [0.1, 0.15) is 18.4 Å². The number of amides is 1. The number of unbranched alkanes of at least 4 members (excludes halogenated alkanes) is 1. The number of benzene rings is 1. The van der Waals surface area contributed by atoms with E-state index in [1.165, 1.54) is 12.0 Å². The highest BCUT2D eigenvalue weighted by molar-refractivity contribution is 6.03. The number of nitrogens with one attached hydrogen (secondary N) is 1. The van der Waals surface area contributed by atoms with Crippen molar-refractivity contribution in [3.05, 3.63) is 54.4 Å². The summed E-state index contributed by atoms with van der Waals surface area (Å²) in [6, 6.07) is 12.2. The monoisotopic (exact) mass is 336 g/mol. The molecule has 1 fully saturated rings. The molecule has 1 amide bonds. The van der Waals surface area contributed by atoms with Gasteiger partial charge in [0.15, 0.2) is 0 Å². The Kier molecular flexibility index (Phi) is 4.65. The first-order valence-corrected chi connectivity index (χ1v) is 9.09. The highest BCUT2D eigenvalue weighted by Crippen LogP contribution is 2.33. The summed E-state index contributed by atoms with van der Waals surface area (Å²) in [7, 11) is 0. The van der Waals surface area contributed by atoms with Crippen LogP contribution in [0.4, 0.5) is 11.4 Å². The second-order valence-corrected chi connectivity index (χ2v) is 6.83. The Labute approximate surface area is 148 Å². The van der Waals surface area contributed by atoms with Gasteiger partial charge in [0, 0.05) is 32.0 Å². The summed E-state index contributed by atoms with van der Waals surface area (Å²) < 4.78 is 0. The lowest BCUT2D eigenvalue weighted by Crippen LogP contribution is -2.60. The number of fused-ring (bicyclic) bond motifs is 3. The zero-order valence-corrected chi connectivity index (χ0v) is 14.4. The van der Waals surface area contributed by atoms with Crippen LogP contribution in [0.2, 0.25) is 0 Å². The molecule has 0 radical (unpaired) electrons. The van der Waals surface area contributed by atoms with Gasteiger partial charge in [-0.25, -0.2) is 0 Å². The molecule has 2 aliphatic heterocycles. The fraction of sp³-hybridized carbons (Fsp3) is 0.400. The molecule has 0 saturated carbocycles. The van der Waals surface area contributed by atoms with Crippen molar-refractivity contribution in [1.29, 1.82) is 0 Å². The van der Waals surface area contributed by atoms with Crippen LogP contribution >= 0.6 is 0 Å². The molecular weight excluding hydrogens is 312 g/mol. The van der Waals surface area contributed by atoms with E-state index in [-0.39, 0.29) is 11.9 Å². The SMILES string of the molecule is O=C1Nc2ccccc2N2CCN(CCCCc3ccncc3)CC12. The maximum absolute atomic E-state index is 12.5. The van der Waals surface area contributed by atoms with E-state index in [9.17, 15) is 4.79 Å². The smallest absolute Gasteiger partial charge is 0.248 e. The summed E-state index contributed by atoms with van der Waals surface area (Å²) in [6.07, 6.45) is 7.14. The van der Waals surface area contributed by atoms with Gasteiger partial charge in [-0.1, -0.05) is 12.1 Å². The molecule has 5 nitrogen and oxygen atoms in total. The molecule has 1 aromatic carbocycles. The molecule has 0 bridgehead atoms. The number of aromatic nitrogens is 1. The molecule has 130 valence electrons. The summed E-state index contributed by atoms with van der Waals surface area (Å²) >= 11 is 0. The van der Waals surface area contributed by atoms with Gasteiger partial charge >= 0.3 is 0 Å². The van der Waals surface area contributed by atoms with Gasteiger partial charge in [0.25, 0.3) is 0 Å². The van der Waals surface area contributed by atoms with Crippen molar-refractivity contribution in [3.8, 4) is 0 Å². The molecule has 1 N–H and O–H groups in total. The Morgan fingerprint density at radius 1 is 1.08 bits per heavy atom. The maximum atomic E-state index is 12.5. The van der Waals surface area contributed by atoms with Crippen LogP contribution < -0.4 is 10.2 Å². The fourth-order valence-electron chi connectivity index (χ4n) is 3.82. The number of hydrogen-bond acceptors (Lipinski definition) is 4. The molecule has 0 spiro atoms. The first-order chi connectivity index (χ1) is 12.3. The van der Waals surface area contributed by atoms with Crippen LogP contribution in [0.15, 0.2) is 48.8 Å². The first kappa shape index (κ1) is 16.1. The topological polar surface area (TPSA) is 48.5 Å². The lowest BCUT2D eigenvalue weighted by Gasteiger charge is -2.45. The van der Waals surface area contributed by atoms with Gasteiger partial charge in [0.05, 0.1) is 11.4 Å². The summed E-state index contributed by atoms with van der Waals surface area (Å²) in [5.74, 6) is 0.125. The number of rotatable bonds is 5. The second kappa shape index (κ2) is 7.23. The molecule has 25 heavy (non-hydrogen) atoms. The van der Waals surface area contributed by atoms with Gasteiger partial charge in [-0.15, -0.1) is 0 Å². The van der Waals surface area contributed by atoms with E-state index in [0.717, 1.165) is 50.4 Å². The predicted molar refractivity (Wildman–Crippen MR) is 99.8 cm³/mol. The third-order valence-corrected chi connectivity index (χ3v) is 5.18. The molecular formula is C20H24N4O.